The SMILES string of the molecule is CCCN1CC(CC2CCCNC2)c2cc(C(=O)O)ccc21. The van der Waals surface area contributed by atoms with Crippen LogP contribution in [0.15, 0.2) is 18.2 Å². The van der Waals surface area contributed by atoms with Gasteiger partial charge in [0.25, 0.3) is 0 Å². The van der Waals surface area contributed by atoms with Gasteiger partial charge in [0.2, 0.25) is 0 Å². The topological polar surface area (TPSA) is 52.6 Å². The molecule has 0 saturated carbocycles. The molecule has 0 bridgehead atoms. The Hall–Kier alpha value is -1.55. The number of hydrogen-bond donors (Lipinski definition) is 2. The maximum Gasteiger partial charge on any atom is 0.335 e. The molecule has 120 valence electrons. The van der Waals surface area contributed by atoms with Crippen molar-refractivity contribution in [2.75, 3.05) is 31.1 Å². The number of aromatic carboxylic acids is 1. The summed E-state index contributed by atoms with van der Waals surface area (Å²) in [4.78, 5) is 13.7. The van der Waals surface area contributed by atoms with E-state index >= 15 is 0 Å². The minimum atomic E-state index is -0.824. The molecular weight excluding hydrogens is 276 g/mol. The molecule has 1 saturated heterocycles. The fourth-order valence-electron chi connectivity index (χ4n) is 3.98. The van der Waals surface area contributed by atoms with Crippen molar-refractivity contribution >= 4 is 11.7 Å². The lowest BCUT2D eigenvalue weighted by Gasteiger charge is -2.26. The number of piperidine rings is 1. The summed E-state index contributed by atoms with van der Waals surface area (Å²) in [5.74, 6) is 0.377. The summed E-state index contributed by atoms with van der Waals surface area (Å²) in [7, 11) is 0. The van der Waals surface area contributed by atoms with E-state index in [1.807, 2.05) is 12.1 Å². The lowest BCUT2D eigenvalue weighted by Crippen LogP contribution is -2.31. The number of nitrogens with one attached hydrogen (secondary N) is 1. The second-order valence-electron chi connectivity index (χ2n) is 6.67. The fraction of sp³-hybridized carbons (Fsp3) is 0.611. The number of carbonyl (C=O) groups is 1. The molecule has 2 atom stereocenters. The van der Waals surface area contributed by atoms with Crippen LogP contribution in [0.2, 0.25) is 0 Å². The largest absolute Gasteiger partial charge is 0.478 e. The highest BCUT2D eigenvalue weighted by Gasteiger charge is 2.31. The van der Waals surface area contributed by atoms with Gasteiger partial charge in [-0.3, -0.25) is 0 Å². The molecule has 2 heterocycles. The second kappa shape index (κ2) is 6.69. The van der Waals surface area contributed by atoms with Crippen molar-refractivity contribution in [3.63, 3.8) is 0 Å². The van der Waals surface area contributed by atoms with Gasteiger partial charge < -0.3 is 15.3 Å². The van der Waals surface area contributed by atoms with Gasteiger partial charge in [0, 0.05) is 24.7 Å². The highest BCUT2D eigenvalue weighted by molar-refractivity contribution is 5.89. The molecule has 3 rings (SSSR count). The van der Waals surface area contributed by atoms with E-state index in [9.17, 15) is 9.90 Å². The zero-order valence-corrected chi connectivity index (χ0v) is 13.3. The van der Waals surface area contributed by atoms with Crippen LogP contribution in [0, 0.1) is 5.92 Å². The minimum Gasteiger partial charge on any atom is -0.478 e. The third kappa shape index (κ3) is 3.12. The van der Waals surface area contributed by atoms with Gasteiger partial charge in [-0.25, -0.2) is 4.79 Å². The van der Waals surface area contributed by atoms with Crippen LogP contribution in [0.5, 0.6) is 0 Å². The third-order valence-corrected chi connectivity index (χ3v) is 5.01. The highest BCUT2D eigenvalue weighted by atomic mass is 16.4. The highest BCUT2D eigenvalue weighted by Crippen LogP contribution is 2.41. The molecule has 1 aromatic carbocycles. The summed E-state index contributed by atoms with van der Waals surface area (Å²) in [5, 5.41) is 12.8. The molecule has 2 N–H and O–H groups in total. The summed E-state index contributed by atoms with van der Waals surface area (Å²) in [6, 6.07) is 5.66. The molecule has 22 heavy (non-hydrogen) atoms. The molecule has 2 aliphatic heterocycles. The molecule has 4 nitrogen and oxygen atoms in total. The maximum absolute atomic E-state index is 11.3. The number of fused-ring (bicyclic) bond motifs is 1. The van der Waals surface area contributed by atoms with E-state index in [0.29, 0.717) is 11.5 Å². The van der Waals surface area contributed by atoms with Crippen LogP contribution in [0.4, 0.5) is 5.69 Å². The summed E-state index contributed by atoms with van der Waals surface area (Å²) in [5.41, 5.74) is 2.92. The zero-order chi connectivity index (χ0) is 15.5. The van der Waals surface area contributed by atoms with E-state index in [-0.39, 0.29) is 0 Å². The summed E-state index contributed by atoms with van der Waals surface area (Å²) >= 11 is 0. The van der Waals surface area contributed by atoms with Crippen molar-refractivity contribution in [1.82, 2.24) is 5.32 Å². The van der Waals surface area contributed by atoms with Gasteiger partial charge in [0.15, 0.2) is 0 Å². The van der Waals surface area contributed by atoms with Crippen molar-refractivity contribution in [2.45, 2.75) is 38.5 Å². The monoisotopic (exact) mass is 302 g/mol. The van der Waals surface area contributed by atoms with E-state index in [0.717, 1.165) is 38.5 Å². The molecule has 2 unspecified atom stereocenters. The smallest absolute Gasteiger partial charge is 0.335 e. The zero-order valence-electron chi connectivity index (χ0n) is 13.3. The number of hydrogen-bond acceptors (Lipinski definition) is 3. The Bertz CT molecular complexity index is 538. The first-order valence-electron chi connectivity index (χ1n) is 8.52. The molecule has 0 spiro atoms. The van der Waals surface area contributed by atoms with Crippen LogP contribution in [-0.2, 0) is 0 Å². The molecule has 2 aliphatic rings. The maximum atomic E-state index is 11.3. The van der Waals surface area contributed by atoms with Crippen LogP contribution in [-0.4, -0.2) is 37.3 Å². The summed E-state index contributed by atoms with van der Waals surface area (Å²) in [6.45, 7) is 6.55. The molecule has 1 aromatic rings. The molecule has 0 amide bonds. The molecule has 4 heteroatoms. The van der Waals surface area contributed by atoms with E-state index in [1.54, 1.807) is 6.07 Å². The average Bonchev–Trinajstić information content (AvgIpc) is 2.86. The Morgan fingerprint density at radius 3 is 3.00 bits per heavy atom. The van der Waals surface area contributed by atoms with Gasteiger partial charge >= 0.3 is 5.97 Å². The van der Waals surface area contributed by atoms with E-state index < -0.39 is 5.97 Å². The average molecular weight is 302 g/mol. The van der Waals surface area contributed by atoms with E-state index in [4.69, 9.17) is 0 Å². The Morgan fingerprint density at radius 1 is 1.45 bits per heavy atom. The van der Waals surface area contributed by atoms with Gasteiger partial charge in [-0.1, -0.05) is 6.92 Å². The fourth-order valence-corrected chi connectivity index (χ4v) is 3.98. The second-order valence-corrected chi connectivity index (χ2v) is 6.67. The Kier molecular flexibility index (Phi) is 4.67. The minimum absolute atomic E-state index is 0.420. The van der Waals surface area contributed by atoms with Gasteiger partial charge in [0.05, 0.1) is 5.56 Å². The normalized spacial score (nSPS) is 24.3. The lowest BCUT2D eigenvalue weighted by atomic mass is 9.86. The number of anilines is 1. The first-order valence-corrected chi connectivity index (χ1v) is 8.52. The third-order valence-electron chi connectivity index (χ3n) is 5.01. The van der Waals surface area contributed by atoms with Crippen molar-refractivity contribution in [2.24, 2.45) is 5.92 Å². The summed E-state index contributed by atoms with van der Waals surface area (Å²) in [6.07, 6.45) is 4.85. The Morgan fingerprint density at radius 2 is 2.32 bits per heavy atom. The van der Waals surface area contributed by atoms with Crippen LogP contribution in [0.25, 0.3) is 0 Å². The summed E-state index contributed by atoms with van der Waals surface area (Å²) < 4.78 is 0. The predicted molar refractivity (Wildman–Crippen MR) is 88.9 cm³/mol. The van der Waals surface area contributed by atoms with E-state index in [2.05, 4.69) is 17.1 Å². The van der Waals surface area contributed by atoms with Crippen molar-refractivity contribution in [1.29, 1.82) is 0 Å². The Balaban J connectivity index is 1.82. The van der Waals surface area contributed by atoms with E-state index in [1.165, 1.54) is 30.5 Å². The Labute approximate surface area is 132 Å². The molecule has 1 fully saturated rings. The number of benzene rings is 1. The lowest BCUT2D eigenvalue weighted by molar-refractivity contribution is 0.0697. The number of nitrogens with zero attached hydrogens (tertiary/aromatic N) is 1. The first kappa shape index (κ1) is 15.3. The van der Waals surface area contributed by atoms with Crippen LogP contribution in [0.1, 0.15) is 54.4 Å². The van der Waals surface area contributed by atoms with Crippen LogP contribution < -0.4 is 10.2 Å². The number of rotatable bonds is 5. The molecule has 0 aromatic heterocycles. The predicted octanol–water partition coefficient (Wildman–Crippen LogP) is 3.09. The van der Waals surface area contributed by atoms with Gasteiger partial charge in [-0.05, 0) is 68.5 Å². The standard InChI is InChI=1S/C18H26N2O2/c1-2-8-20-12-15(9-13-4-3-7-19-11-13)16-10-14(18(21)22)5-6-17(16)20/h5-6,10,13,15,19H,2-4,7-9,11-12H2,1H3,(H,21,22). The van der Waals surface area contributed by atoms with Crippen molar-refractivity contribution < 1.29 is 9.90 Å². The van der Waals surface area contributed by atoms with Crippen molar-refractivity contribution in [3.05, 3.63) is 29.3 Å². The molecule has 0 radical (unpaired) electrons. The van der Waals surface area contributed by atoms with Crippen LogP contribution in [0.3, 0.4) is 0 Å². The number of carboxylic acid groups (broad SMARTS) is 1. The molecular formula is C18H26N2O2. The molecule has 0 aliphatic carbocycles. The van der Waals surface area contributed by atoms with Gasteiger partial charge in [-0.2, -0.15) is 0 Å². The van der Waals surface area contributed by atoms with Crippen LogP contribution >= 0.6 is 0 Å². The quantitative estimate of drug-likeness (QED) is 0.877. The first-order chi connectivity index (χ1) is 10.7. The van der Waals surface area contributed by atoms with Gasteiger partial charge in [-0.15, -0.1) is 0 Å². The van der Waals surface area contributed by atoms with Crippen molar-refractivity contribution in [3.8, 4) is 0 Å². The number of carboxylic acids is 1. The van der Waals surface area contributed by atoms with Gasteiger partial charge in [0.1, 0.15) is 0 Å².